The molecule has 0 saturated carbocycles. The Kier molecular flexibility index (Phi) is 7.87. The molecule has 0 bridgehead atoms. The van der Waals surface area contributed by atoms with Gasteiger partial charge >= 0.3 is 0 Å². The number of rotatable bonds is 7. The van der Waals surface area contributed by atoms with Gasteiger partial charge in [-0.15, -0.1) is 0 Å². The zero-order valence-electron chi connectivity index (χ0n) is 31.3. The normalized spacial score (nSPS) is 11.9. The summed E-state index contributed by atoms with van der Waals surface area (Å²) in [5.41, 5.74) is 9.52. The highest BCUT2D eigenvalue weighted by molar-refractivity contribution is 7.20. The maximum Gasteiger partial charge on any atom is 0.179 e. The summed E-state index contributed by atoms with van der Waals surface area (Å²) in [7, 11) is -2.74. The number of aromatic nitrogens is 2. The Morgan fingerprint density at radius 1 is 0.281 bits per heavy atom. The molecule has 2 aromatic heterocycles. The summed E-state index contributed by atoms with van der Waals surface area (Å²) >= 11 is 0. The molecule has 0 fully saturated rings. The van der Waals surface area contributed by atoms with Gasteiger partial charge in [0.25, 0.3) is 0 Å². The van der Waals surface area contributed by atoms with E-state index in [1.807, 2.05) is 0 Å². The molecule has 268 valence electrons. The average molecular weight is 743 g/mol. The van der Waals surface area contributed by atoms with Crippen LogP contribution in [0.2, 0.25) is 0 Å². The summed E-state index contributed by atoms with van der Waals surface area (Å²) in [5, 5.41) is 10.5. The van der Waals surface area contributed by atoms with Gasteiger partial charge in [-0.05, 0) is 80.4 Å². The molecule has 0 unspecified atom stereocenters. The lowest BCUT2D eigenvalue weighted by molar-refractivity contribution is 1.17. The van der Waals surface area contributed by atoms with Crippen LogP contribution in [0.1, 0.15) is 0 Å². The fourth-order valence-corrected chi connectivity index (χ4v) is 14.2. The zero-order valence-corrected chi connectivity index (χ0v) is 32.3. The van der Waals surface area contributed by atoms with Crippen molar-refractivity contribution in [2.24, 2.45) is 0 Å². The van der Waals surface area contributed by atoms with E-state index in [9.17, 15) is 0 Å². The fourth-order valence-electron chi connectivity index (χ4n) is 9.43. The van der Waals surface area contributed by atoms with Crippen molar-refractivity contribution < 1.29 is 0 Å². The van der Waals surface area contributed by atoms with E-state index in [1.165, 1.54) is 81.2 Å². The van der Waals surface area contributed by atoms with Crippen molar-refractivity contribution in [1.82, 2.24) is 9.13 Å². The zero-order chi connectivity index (χ0) is 37.8. The second-order valence-electron chi connectivity index (χ2n) is 14.9. The van der Waals surface area contributed by atoms with Gasteiger partial charge in [0.05, 0.1) is 27.8 Å². The number of nitrogens with zero attached hydrogens (tertiary/aromatic N) is 2. The van der Waals surface area contributed by atoms with Crippen molar-refractivity contribution in [3.8, 4) is 22.5 Å². The van der Waals surface area contributed by atoms with Crippen LogP contribution in [0.15, 0.2) is 231 Å². The van der Waals surface area contributed by atoms with Crippen molar-refractivity contribution >= 4 is 72.4 Å². The minimum absolute atomic E-state index is 1.15. The molecule has 0 atom stereocenters. The summed E-state index contributed by atoms with van der Waals surface area (Å²) in [5.74, 6) is 0. The van der Waals surface area contributed by atoms with Crippen molar-refractivity contribution in [2.75, 3.05) is 0 Å². The minimum atomic E-state index is -2.74. The summed E-state index contributed by atoms with van der Waals surface area (Å²) in [4.78, 5) is 0. The number of benzene rings is 9. The highest BCUT2D eigenvalue weighted by Gasteiger charge is 2.41. The molecule has 2 nitrogen and oxygen atoms in total. The maximum atomic E-state index is 2.52. The monoisotopic (exact) mass is 742 g/mol. The third-order valence-electron chi connectivity index (χ3n) is 11.9. The van der Waals surface area contributed by atoms with Crippen LogP contribution in [0, 0.1) is 0 Å². The van der Waals surface area contributed by atoms with Gasteiger partial charge < -0.3 is 9.13 Å². The van der Waals surface area contributed by atoms with Crippen LogP contribution in [-0.4, -0.2) is 17.2 Å². The Morgan fingerprint density at radius 3 is 1.44 bits per heavy atom. The van der Waals surface area contributed by atoms with E-state index in [4.69, 9.17) is 0 Å². The predicted molar refractivity (Wildman–Crippen MR) is 244 cm³/mol. The first kappa shape index (κ1) is 33.2. The summed E-state index contributed by atoms with van der Waals surface area (Å²) < 4.78 is 4.94. The standard InChI is InChI=1S/C54H38N2Si/c1-6-19-39(20-7-1)40-33-35-51-48(37-40)54-52(55(51)41-21-8-2-9-22-41)31-18-32-53(54)56-49-30-17-16-29-46(49)47-38-45(34-36-50(47)56)57(42-23-10-3-11-24-42,43-25-12-4-13-26-43)44-27-14-5-15-28-44/h1-38H. The Bertz CT molecular complexity index is 3110. The third kappa shape index (κ3) is 5.17. The van der Waals surface area contributed by atoms with E-state index in [1.54, 1.807) is 0 Å². The predicted octanol–water partition coefficient (Wildman–Crippen LogP) is 10.9. The Labute approximate surface area is 333 Å². The van der Waals surface area contributed by atoms with Crippen molar-refractivity contribution in [3.05, 3.63) is 231 Å². The van der Waals surface area contributed by atoms with Gasteiger partial charge in [0.2, 0.25) is 0 Å². The highest BCUT2D eigenvalue weighted by atomic mass is 28.3. The van der Waals surface area contributed by atoms with Gasteiger partial charge in [-0.1, -0.05) is 182 Å². The van der Waals surface area contributed by atoms with E-state index >= 15 is 0 Å². The molecule has 11 aromatic rings. The van der Waals surface area contributed by atoms with Crippen molar-refractivity contribution in [3.63, 3.8) is 0 Å². The molecule has 3 heteroatoms. The second-order valence-corrected chi connectivity index (χ2v) is 18.7. The van der Waals surface area contributed by atoms with E-state index in [2.05, 4.69) is 240 Å². The van der Waals surface area contributed by atoms with E-state index < -0.39 is 8.07 Å². The van der Waals surface area contributed by atoms with Crippen LogP contribution >= 0.6 is 0 Å². The smallest absolute Gasteiger partial charge is 0.179 e. The molecule has 11 rings (SSSR count). The Morgan fingerprint density at radius 2 is 0.789 bits per heavy atom. The van der Waals surface area contributed by atoms with Gasteiger partial charge in [0, 0.05) is 27.2 Å². The number of hydrogen-bond donors (Lipinski definition) is 0. The summed E-state index contributed by atoms with van der Waals surface area (Å²) in [6, 6.07) is 85.2. The molecule has 9 aromatic carbocycles. The van der Waals surface area contributed by atoms with Crippen LogP contribution in [-0.2, 0) is 0 Å². The van der Waals surface area contributed by atoms with Crippen LogP contribution in [0.4, 0.5) is 0 Å². The van der Waals surface area contributed by atoms with Crippen molar-refractivity contribution in [1.29, 1.82) is 0 Å². The molecule has 0 N–H and O–H groups in total. The first-order valence-electron chi connectivity index (χ1n) is 19.7. The van der Waals surface area contributed by atoms with Crippen LogP contribution < -0.4 is 20.7 Å². The minimum Gasteiger partial charge on any atom is -0.309 e. The molecule has 0 aliphatic rings. The Hall–Kier alpha value is -7.20. The molecular formula is C54H38N2Si. The first-order chi connectivity index (χ1) is 28.3. The molecular weight excluding hydrogens is 705 g/mol. The van der Waals surface area contributed by atoms with Crippen LogP contribution in [0.3, 0.4) is 0 Å². The molecule has 57 heavy (non-hydrogen) atoms. The van der Waals surface area contributed by atoms with Crippen LogP contribution in [0.5, 0.6) is 0 Å². The molecule has 0 amide bonds. The molecule has 0 radical (unpaired) electrons. The van der Waals surface area contributed by atoms with Crippen LogP contribution in [0.25, 0.3) is 66.1 Å². The largest absolute Gasteiger partial charge is 0.309 e. The quantitative estimate of drug-likeness (QED) is 0.114. The number of hydrogen-bond acceptors (Lipinski definition) is 0. The topological polar surface area (TPSA) is 9.86 Å². The lowest BCUT2D eigenvalue weighted by Crippen LogP contribution is -2.74. The average Bonchev–Trinajstić information content (AvgIpc) is 3.81. The number of fused-ring (bicyclic) bond motifs is 6. The van der Waals surface area contributed by atoms with Crippen molar-refractivity contribution in [2.45, 2.75) is 0 Å². The molecule has 0 aliphatic heterocycles. The first-order valence-corrected chi connectivity index (χ1v) is 21.7. The summed E-state index contributed by atoms with van der Waals surface area (Å²) in [6.07, 6.45) is 0. The van der Waals surface area contributed by atoms with Gasteiger partial charge in [0.1, 0.15) is 0 Å². The van der Waals surface area contributed by atoms with Gasteiger partial charge in [0.15, 0.2) is 8.07 Å². The Balaban J connectivity index is 1.23. The van der Waals surface area contributed by atoms with Gasteiger partial charge in [-0.25, -0.2) is 0 Å². The SMILES string of the molecule is c1ccc(-c2ccc3c(c2)c2c(-n4c5ccccc5c5cc([Si](c6ccccc6)(c6ccccc6)c6ccccc6)ccc54)cccc2n3-c2ccccc2)cc1. The molecule has 0 spiro atoms. The lowest BCUT2D eigenvalue weighted by Gasteiger charge is -2.34. The van der Waals surface area contributed by atoms with Gasteiger partial charge in [-0.3, -0.25) is 0 Å². The van der Waals surface area contributed by atoms with Gasteiger partial charge in [-0.2, -0.15) is 0 Å². The van der Waals surface area contributed by atoms with E-state index in [0.717, 1.165) is 5.69 Å². The van der Waals surface area contributed by atoms with E-state index in [-0.39, 0.29) is 0 Å². The molecule has 2 heterocycles. The highest BCUT2D eigenvalue weighted by Crippen LogP contribution is 2.41. The molecule has 0 aliphatic carbocycles. The maximum absolute atomic E-state index is 2.74. The second kappa shape index (κ2) is 13.5. The number of para-hydroxylation sites is 2. The lowest BCUT2D eigenvalue weighted by atomic mass is 10.0. The molecule has 0 saturated heterocycles. The third-order valence-corrected chi connectivity index (χ3v) is 16.6. The van der Waals surface area contributed by atoms with E-state index in [0.29, 0.717) is 0 Å². The fraction of sp³-hybridized carbons (Fsp3) is 0. The summed E-state index contributed by atoms with van der Waals surface area (Å²) in [6.45, 7) is 0.